The highest BCUT2D eigenvalue weighted by molar-refractivity contribution is 5.84. The zero-order valence-electron chi connectivity index (χ0n) is 16.1. The number of benzene rings is 1. The molecule has 1 aromatic carbocycles. The molecule has 0 radical (unpaired) electrons. The molecule has 0 unspecified atom stereocenters. The van der Waals surface area contributed by atoms with Crippen molar-refractivity contribution in [1.29, 1.82) is 0 Å². The Labute approximate surface area is 159 Å². The summed E-state index contributed by atoms with van der Waals surface area (Å²) in [6.45, 7) is 7.00. The average molecular weight is 377 g/mol. The number of amides is 1. The van der Waals surface area contributed by atoms with Crippen molar-refractivity contribution >= 4 is 18.0 Å². The summed E-state index contributed by atoms with van der Waals surface area (Å²) in [5.41, 5.74) is 0.251. The lowest BCUT2D eigenvalue weighted by molar-refractivity contribution is -0.145. The predicted molar refractivity (Wildman–Crippen MR) is 98.0 cm³/mol. The quantitative estimate of drug-likeness (QED) is 0.708. The SMILES string of the molecule is CCOC(=O)[C@H]1[C@H](Cc2ccccc2)[C@H]1[C@@H](NC(=O)OC(C)(C)C)C(=O)O. The van der Waals surface area contributed by atoms with Gasteiger partial charge in [0.15, 0.2) is 0 Å². The molecule has 7 nitrogen and oxygen atoms in total. The van der Waals surface area contributed by atoms with Gasteiger partial charge in [-0.1, -0.05) is 30.3 Å². The Bertz CT molecular complexity index is 681. The van der Waals surface area contributed by atoms with Gasteiger partial charge in [-0.25, -0.2) is 9.59 Å². The molecule has 1 aliphatic rings. The molecule has 1 saturated carbocycles. The van der Waals surface area contributed by atoms with Crippen LogP contribution in [0.15, 0.2) is 30.3 Å². The molecule has 0 saturated heterocycles. The number of carboxylic acid groups (broad SMARTS) is 1. The first-order chi connectivity index (χ1) is 12.6. The van der Waals surface area contributed by atoms with Gasteiger partial charge in [-0.05, 0) is 45.6 Å². The third kappa shape index (κ3) is 5.70. The molecular weight excluding hydrogens is 350 g/mol. The molecule has 0 spiro atoms. The molecule has 1 amide bonds. The minimum atomic E-state index is -1.22. The fourth-order valence-corrected chi connectivity index (χ4v) is 3.33. The summed E-state index contributed by atoms with van der Waals surface area (Å²) >= 11 is 0. The monoisotopic (exact) mass is 377 g/mol. The molecule has 7 heteroatoms. The highest BCUT2D eigenvalue weighted by Gasteiger charge is 2.61. The van der Waals surface area contributed by atoms with E-state index in [1.54, 1.807) is 27.7 Å². The van der Waals surface area contributed by atoms with E-state index >= 15 is 0 Å². The number of carbonyl (C=O) groups is 3. The van der Waals surface area contributed by atoms with Gasteiger partial charge < -0.3 is 19.9 Å². The van der Waals surface area contributed by atoms with Crippen molar-refractivity contribution in [2.45, 2.75) is 45.8 Å². The topological polar surface area (TPSA) is 102 Å². The van der Waals surface area contributed by atoms with E-state index in [4.69, 9.17) is 9.47 Å². The van der Waals surface area contributed by atoms with Gasteiger partial charge in [0.2, 0.25) is 0 Å². The van der Waals surface area contributed by atoms with Crippen LogP contribution in [-0.2, 0) is 25.5 Å². The number of ether oxygens (including phenoxy) is 2. The highest BCUT2D eigenvalue weighted by atomic mass is 16.6. The Morgan fingerprint density at radius 3 is 2.33 bits per heavy atom. The van der Waals surface area contributed by atoms with Crippen LogP contribution in [0.5, 0.6) is 0 Å². The summed E-state index contributed by atoms with van der Waals surface area (Å²) in [6, 6.07) is 8.30. The second-order valence-electron chi connectivity index (χ2n) is 7.67. The van der Waals surface area contributed by atoms with Gasteiger partial charge in [-0.2, -0.15) is 0 Å². The first-order valence-electron chi connectivity index (χ1n) is 9.07. The third-order valence-electron chi connectivity index (χ3n) is 4.43. The maximum atomic E-state index is 12.3. The second-order valence-corrected chi connectivity index (χ2v) is 7.67. The van der Waals surface area contributed by atoms with Crippen LogP contribution < -0.4 is 5.32 Å². The summed E-state index contributed by atoms with van der Waals surface area (Å²) in [7, 11) is 0. The summed E-state index contributed by atoms with van der Waals surface area (Å²) in [5, 5.41) is 12.0. The fraction of sp³-hybridized carbons (Fsp3) is 0.550. The average Bonchev–Trinajstić information content (AvgIpc) is 3.25. The van der Waals surface area contributed by atoms with Gasteiger partial charge in [0.1, 0.15) is 11.6 Å². The van der Waals surface area contributed by atoms with Crippen LogP contribution in [0.1, 0.15) is 33.3 Å². The largest absolute Gasteiger partial charge is 0.480 e. The smallest absolute Gasteiger partial charge is 0.408 e. The van der Waals surface area contributed by atoms with Crippen molar-refractivity contribution in [1.82, 2.24) is 5.32 Å². The summed E-state index contributed by atoms with van der Waals surface area (Å²) in [5.74, 6) is -2.96. The van der Waals surface area contributed by atoms with E-state index in [0.29, 0.717) is 6.42 Å². The number of nitrogens with one attached hydrogen (secondary N) is 1. The summed E-state index contributed by atoms with van der Waals surface area (Å²) in [4.78, 5) is 36.1. The number of hydrogen-bond donors (Lipinski definition) is 2. The first kappa shape index (κ1) is 20.7. The van der Waals surface area contributed by atoms with Gasteiger partial charge in [-0.3, -0.25) is 4.79 Å². The first-order valence-corrected chi connectivity index (χ1v) is 9.07. The molecule has 4 atom stereocenters. The van der Waals surface area contributed by atoms with Crippen molar-refractivity contribution in [3.8, 4) is 0 Å². The minimum Gasteiger partial charge on any atom is -0.480 e. The zero-order chi connectivity index (χ0) is 20.2. The Hall–Kier alpha value is -2.57. The van der Waals surface area contributed by atoms with Gasteiger partial charge in [0.05, 0.1) is 12.5 Å². The number of rotatable bonds is 7. The van der Waals surface area contributed by atoms with Crippen LogP contribution in [0.4, 0.5) is 4.79 Å². The van der Waals surface area contributed by atoms with Crippen LogP contribution in [0.3, 0.4) is 0 Å². The van der Waals surface area contributed by atoms with E-state index in [1.807, 2.05) is 30.3 Å². The van der Waals surface area contributed by atoms with Crippen molar-refractivity contribution in [3.63, 3.8) is 0 Å². The molecule has 1 aromatic rings. The number of carboxylic acids is 1. The Morgan fingerprint density at radius 2 is 1.81 bits per heavy atom. The fourth-order valence-electron chi connectivity index (χ4n) is 3.33. The van der Waals surface area contributed by atoms with Crippen molar-refractivity contribution in [2.75, 3.05) is 6.61 Å². The Morgan fingerprint density at radius 1 is 1.19 bits per heavy atom. The molecule has 0 aliphatic heterocycles. The number of esters is 1. The van der Waals surface area contributed by atoms with Crippen molar-refractivity contribution < 1.29 is 29.0 Å². The van der Waals surface area contributed by atoms with E-state index in [2.05, 4.69) is 5.32 Å². The van der Waals surface area contributed by atoms with Crippen LogP contribution in [0, 0.1) is 17.8 Å². The van der Waals surface area contributed by atoms with E-state index in [0.717, 1.165) is 5.56 Å². The number of carbonyl (C=O) groups excluding carboxylic acids is 2. The number of aliphatic carboxylic acids is 1. The molecule has 2 rings (SSSR count). The second kappa shape index (κ2) is 8.41. The van der Waals surface area contributed by atoms with E-state index in [-0.39, 0.29) is 12.5 Å². The molecule has 0 aromatic heterocycles. The standard InChI is InChI=1S/C20H27NO6/c1-5-26-18(24)15-13(11-12-9-7-6-8-10-12)14(15)16(17(22)23)21-19(25)27-20(2,3)4/h6-10,13-16H,5,11H2,1-4H3,(H,21,25)(H,22,23)/t13-,14-,15+,16-/m1/s1. The molecular formula is C20H27NO6. The highest BCUT2D eigenvalue weighted by Crippen LogP contribution is 2.51. The zero-order valence-corrected chi connectivity index (χ0v) is 16.1. The lowest BCUT2D eigenvalue weighted by Gasteiger charge is -2.22. The van der Waals surface area contributed by atoms with Crippen molar-refractivity contribution in [3.05, 3.63) is 35.9 Å². The van der Waals surface area contributed by atoms with Crippen LogP contribution in [-0.4, -0.2) is 41.4 Å². The van der Waals surface area contributed by atoms with Gasteiger partial charge in [0, 0.05) is 5.92 Å². The van der Waals surface area contributed by atoms with Gasteiger partial charge in [-0.15, -0.1) is 0 Å². The molecule has 1 fully saturated rings. The number of hydrogen-bond acceptors (Lipinski definition) is 5. The van der Waals surface area contributed by atoms with Crippen LogP contribution in [0.25, 0.3) is 0 Å². The molecule has 148 valence electrons. The van der Waals surface area contributed by atoms with E-state index in [1.165, 1.54) is 0 Å². The Kier molecular flexibility index (Phi) is 6.46. The lowest BCUT2D eigenvalue weighted by Crippen LogP contribution is -2.45. The normalized spacial score (nSPS) is 22.4. The molecule has 27 heavy (non-hydrogen) atoms. The predicted octanol–water partition coefficient (Wildman–Crippen LogP) is 2.63. The lowest BCUT2D eigenvalue weighted by atomic mass is 10.0. The summed E-state index contributed by atoms with van der Waals surface area (Å²) in [6.07, 6.45) is -0.280. The maximum Gasteiger partial charge on any atom is 0.408 e. The van der Waals surface area contributed by atoms with Crippen LogP contribution in [0.2, 0.25) is 0 Å². The molecule has 1 aliphatic carbocycles. The van der Waals surface area contributed by atoms with Crippen molar-refractivity contribution in [2.24, 2.45) is 17.8 Å². The third-order valence-corrected chi connectivity index (χ3v) is 4.43. The van der Waals surface area contributed by atoms with Gasteiger partial charge in [0.25, 0.3) is 0 Å². The maximum absolute atomic E-state index is 12.3. The number of alkyl carbamates (subject to hydrolysis) is 1. The molecule has 2 N–H and O–H groups in total. The molecule has 0 heterocycles. The van der Waals surface area contributed by atoms with E-state index in [9.17, 15) is 19.5 Å². The van der Waals surface area contributed by atoms with E-state index < -0.39 is 41.5 Å². The van der Waals surface area contributed by atoms with Gasteiger partial charge >= 0.3 is 18.0 Å². The summed E-state index contributed by atoms with van der Waals surface area (Å²) < 4.78 is 10.3. The van der Waals surface area contributed by atoms with Crippen LogP contribution >= 0.6 is 0 Å². The minimum absolute atomic E-state index is 0.220. The molecule has 0 bridgehead atoms. The Balaban J connectivity index is 2.16.